The standard InChI is InChI=1S/C16H22N4O/c1-11(2)18-12-5-7-13(8-6-12)19-16(21)15-9-14(17-3)10-20(15)4/h5-11,17-18H,1-4H3,(H,19,21). The van der Waals surface area contributed by atoms with Crippen molar-refractivity contribution in [3.8, 4) is 0 Å². The summed E-state index contributed by atoms with van der Waals surface area (Å²) in [4.78, 5) is 12.3. The Morgan fingerprint density at radius 3 is 2.24 bits per heavy atom. The number of carbonyl (C=O) groups is 1. The molecule has 0 fully saturated rings. The minimum Gasteiger partial charge on any atom is -0.387 e. The van der Waals surface area contributed by atoms with Crippen LogP contribution in [0, 0.1) is 0 Å². The van der Waals surface area contributed by atoms with Crippen molar-refractivity contribution in [2.24, 2.45) is 7.05 Å². The van der Waals surface area contributed by atoms with Gasteiger partial charge in [0, 0.05) is 37.7 Å². The molecule has 1 amide bonds. The fourth-order valence-corrected chi connectivity index (χ4v) is 2.11. The molecule has 0 aliphatic carbocycles. The Bertz CT molecular complexity index is 614. The van der Waals surface area contributed by atoms with Crippen LogP contribution in [-0.4, -0.2) is 23.6 Å². The van der Waals surface area contributed by atoms with E-state index in [1.54, 1.807) is 4.57 Å². The highest BCUT2D eigenvalue weighted by atomic mass is 16.1. The van der Waals surface area contributed by atoms with Gasteiger partial charge in [-0.3, -0.25) is 4.79 Å². The van der Waals surface area contributed by atoms with E-state index in [9.17, 15) is 4.79 Å². The number of aromatic nitrogens is 1. The van der Waals surface area contributed by atoms with Crippen molar-refractivity contribution in [2.75, 3.05) is 23.0 Å². The smallest absolute Gasteiger partial charge is 0.272 e. The van der Waals surface area contributed by atoms with Crippen molar-refractivity contribution in [2.45, 2.75) is 19.9 Å². The zero-order valence-electron chi connectivity index (χ0n) is 12.9. The number of hydrogen-bond donors (Lipinski definition) is 3. The third kappa shape index (κ3) is 3.78. The minimum atomic E-state index is -0.122. The summed E-state index contributed by atoms with van der Waals surface area (Å²) in [6.07, 6.45) is 1.88. The molecular weight excluding hydrogens is 264 g/mol. The molecule has 0 radical (unpaired) electrons. The summed E-state index contributed by atoms with van der Waals surface area (Å²) in [6, 6.07) is 9.91. The van der Waals surface area contributed by atoms with E-state index >= 15 is 0 Å². The Hall–Kier alpha value is -2.43. The second-order valence-electron chi connectivity index (χ2n) is 5.31. The molecule has 0 bridgehead atoms. The van der Waals surface area contributed by atoms with Crippen LogP contribution >= 0.6 is 0 Å². The molecule has 0 aliphatic rings. The molecule has 0 unspecified atom stereocenters. The van der Waals surface area contributed by atoms with E-state index in [1.165, 1.54) is 0 Å². The topological polar surface area (TPSA) is 58.1 Å². The third-order valence-corrected chi connectivity index (χ3v) is 3.12. The van der Waals surface area contributed by atoms with Gasteiger partial charge in [-0.15, -0.1) is 0 Å². The molecule has 0 saturated heterocycles. The number of nitrogens with one attached hydrogen (secondary N) is 3. The first kappa shape index (κ1) is 15.0. The summed E-state index contributed by atoms with van der Waals surface area (Å²) in [5.74, 6) is -0.122. The van der Waals surface area contributed by atoms with Crippen LogP contribution in [0.15, 0.2) is 36.5 Å². The molecule has 0 saturated carbocycles. The van der Waals surface area contributed by atoms with Gasteiger partial charge in [0.15, 0.2) is 0 Å². The average Bonchev–Trinajstić information content (AvgIpc) is 2.82. The predicted molar refractivity (Wildman–Crippen MR) is 88.1 cm³/mol. The van der Waals surface area contributed by atoms with Gasteiger partial charge in [0.05, 0.1) is 5.69 Å². The first-order valence-corrected chi connectivity index (χ1v) is 7.01. The fraction of sp³-hybridized carbons (Fsp3) is 0.312. The fourth-order valence-electron chi connectivity index (χ4n) is 2.11. The molecule has 112 valence electrons. The molecule has 0 aliphatic heterocycles. The maximum Gasteiger partial charge on any atom is 0.272 e. The highest BCUT2D eigenvalue weighted by Crippen LogP contribution is 2.17. The van der Waals surface area contributed by atoms with E-state index in [0.717, 1.165) is 17.1 Å². The Balaban J connectivity index is 2.06. The third-order valence-electron chi connectivity index (χ3n) is 3.12. The largest absolute Gasteiger partial charge is 0.387 e. The van der Waals surface area contributed by atoms with Gasteiger partial charge < -0.3 is 20.5 Å². The summed E-state index contributed by atoms with van der Waals surface area (Å²) < 4.78 is 1.80. The number of benzene rings is 1. The Kier molecular flexibility index (Phi) is 4.52. The van der Waals surface area contributed by atoms with Crippen LogP contribution in [0.5, 0.6) is 0 Å². The average molecular weight is 286 g/mol. The zero-order chi connectivity index (χ0) is 15.4. The number of carbonyl (C=O) groups excluding carboxylic acids is 1. The van der Waals surface area contributed by atoms with Gasteiger partial charge in [-0.1, -0.05) is 0 Å². The molecule has 1 heterocycles. The SMILES string of the molecule is CNc1cc(C(=O)Nc2ccc(NC(C)C)cc2)n(C)c1. The van der Waals surface area contributed by atoms with E-state index in [1.807, 2.05) is 50.6 Å². The Morgan fingerprint density at radius 2 is 1.71 bits per heavy atom. The molecule has 1 aromatic carbocycles. The van der Waals surface area contributed by atoms with Crippen LogP contribution < -0.4 is 16.0 Å². The number of amides is 1. The molecule has 2 rings (SSSR count). The summed E-state index contributed by atoms with van der Waals surface area (Å²) >= 11 is 0. The lowest BCUT2D eigenvalue weighted by Crippen LogP contribution is -2.15. The highest BCUT2D eigenvalue weighted by Gasteiger charge is 2.11. The minimum absolute atomic E-state index is 0.122. The number of anilines is 3. The van der Waals surface area contributed by atoms with E-state index in [4.69, 9.17) is 0 Å². The monoisotopic (exact) mass is 286 g/mol. The van der Waals surface area contributed by atoms with Crippen molar-refractivity contribution in [1.29, 1.82) is 0 Å². The maximum atomic E-state index is 12.3. The molecule has 5 heteroatoms. The lowest BCUT2D eigenvalue weighted by Gasteiger charge is -2.11. The zero-order valence-corrected chi connectivity index (χ0v) is 12.9. The van der Waals surface area contributed by atoms with Gasteiger partial charge in [0.25, 0.3) is 5.91 Å². The highest BCUT2D eigenvalue weighted by molar-refractivity contribution is 6.03. The van der Waals surface area contributed by atoms with E-state index in [-0.39, 0.29) is 5.91 Å². The van der Waals surface area contributed by atoms with Crippen LogP contribution in [0.3, 0.4) is 0 Å². The second kappa shape index (κ2) is 6.35. The van der Waals surface area contributed by atoms with Crippen LogP contribution in [-0.2, 0) is 7.05 Å². The van der Waals surface area contributed by atoms with Crippen LogP contribution in [0.1, 0.15) is 24.3 Å². The number of aryl methyl sites for hydroxylation is 1. The molecule has 3 N–H and O–H groups in total. The molecule has 0 atom stereocenters. The molecule has 5 nitrogen and oxygen atoms in total. The lowest BCUT2D eigenvalue weighted by atomic mass is 10.2. The molecule has 1 aromatic heterocycles. The van der Waals surface area contributed by atoms with Gasteiger partial charge in [-0.05, 0) is 44.2 Å². The number of hydrogen-bond acceptors (Lipinski definition) is 3. The van der Waals surface area contributed by atoms with Gasteiger partial charge >= 0.3 is 0 Å². The second-order valence-corrected chi connectivity index (χ2v) is 5.31. The van der Waals surface area contributed by atoms with E-state index < -0.39 is 0 Å². The first-order chi connectivity index (χ1) is 9.99. The number of rotatable bonds is 5. The summed E-state index contributed by atoms with van der Waals surface area (Å²) in [5, 5.41) is 9.24. The number of nitrogens with zero attached hydrogens (tertiary/aromatic N) is 1. The summed E-state index contributed by atoms with van der Waals surface area (Å²) in [5.41, 5.74) is 3.35. The van der Waals surface area contributed by atoms with E-state index in [2.05, 4.69) is 29.8 Å². The maximum absolute atomic E-state index is 12.3. The van der Waals surface area contributed by atoms with Crippen molar-refractivity contribution < 1.29 is 4.79 Å². The van der Waals surface area contributed by atoms with Crippen molar-refractivity contribution in [3.63, 3.8) is 0 Å². The van der Waals surface area contributed by atoms with Gasteiger partial charge in [-0.25, -0.2) is 0 Å². The van der Waals surface area contributed by atoms with Crippen molar-refractivity contribution >= 4 is 23.0 Å². The van der Waals surface area contributed by atoms with Gasteiger partial charge in [0.2, 0.25) is 0 Å². The molecule has 0 spiro atoms. The lowest BCUT2D eigenvalue weighted by molar-refractivity contribution is 0.101. The van der Waals surface area contributed by atoms with Gasteiger partial charge in [-0.2, -0.15) is 0 Å². The van der Waals surface area contributed by atoms with E-state index in [0.29, 0.717) is 11.7 Å². The van der Waals surface area contributed by atoms with Crippen molar-refractivity contribution in [1.82, 2.24) is 4.57 Å². The van der Waals surface area contributed by atoms with Gasteiger partial charge in [0.1, 0.15) is 5.69 Å². The summed E-state index contributed by atoms with van der Waals surface area (Å²) in [6.45, 7) is 4.18. The molecular formula is C16H22N4O. The van der Waals surface area contributed by atoms with Crippen LogP contribution in [0.2, 0.25) is 0 Å². The van der Waals surface area contributed by atoms with Crippen molar-refractivity contribution in [3.05, 3.63) is 42.2 Å². The molecule has 2 aromatic rings. The molecule has 21 heavy (non-hydrogen) atoms. The normalized spacial score (nSPS) is 10.5. The Labute approximate surface area is 125 Å². The predicted octanol–water partition coefficient (Wildman–Crippen LogP) is 3.14. The first-order valence-electron chi connectivity index (χ1n) is 7.01. The quantitative estimate of drug-likeness (QED) is 0.791. The summed E-state index contributed by atoms with van der Waals surface area (Å²) in [7, 11) is 3.68. The van der Waals surface area contributed by atoms with Crippen LogP contribution in [0.25, 0.3) is 0 Å². The van der Waals surface area contributed by atoms with Crippen LogP contribution in [0.4, 0.5) is 17.1 Å². The Morgan fingerprint density at radius 1 is 1.10 bits per heavy atom.